The number of hydrogen-bond acceptors (Lipinski definition) is 3. The zero-order chi connectivity index (χ0) is 14.2. The van der Waals surface area contributed by atoms with Crippen LogP contribution in [0.4, 0.5) is 0 Å². The standard InChI is InChI=1S/C13H12N2O4/c1-8-3-5-9(6-4-8)15-11(16)10(12(17)18)7-14(2)13(15)19/h3-7H,1-2H3,(H,17,18). The largest absolute Gasteiger partial charge is 0.477 e. The van der Waals surface area contributed by atoms with Gasteiger partial charge in [0.1, 0.15) is 5.56 Å². The van der Waals surface area contributed by atoms with Crippen molar-refractivity contribution < 1.29 is 9.90 Å². The molecule has 0 bridgehead atoms. The van der Waals surface area contributed by atoms with E-state index in [4.69, 9.17) is 5.11 Å². The number of carboxylic acid groups (broad SMARTS) is 1. The van der Waals surface area contributed by atoms with Gasteiger partial charge < -0.3 is 9.67 Å². The topological polar surface area (TPSA) is 81.3 Å². The highest BCUT2D eigenvalue weighted by Gasteiger charge is 2.16. The van der Waals surface area contributed by atoms with Crippen LogP contribution in [0.3, 0.4) is 0 Å². The number of nitrogens with zero attached hydrogens (tertiary/aromatic N) is 2. The van der Waals surface area contributed by atoms with Crippen LogP contribution in [0.15, 0.2) is 40.1 Å². The normalized spacial score (nSPS) is 10.4. The van der Waals surface area contributed by atoms with Crippen molar-refractivity contribution in [3.8, 4) is 5.69 Å². The van der Waals surface area contributed by atoms with Crippen LogP contribution >= 0.6 is 0 Å². The second-order valence-electron chi connectivity index (χ2n) is 4.22. The summed E-state index contributed by atoms with van der Waals surface area (Å²) in [4.78, 5) is 35.0. The fourth-order valence-corrected chi connectivity index (χ4v) is 1.74. The molecule has 1 heterocycles. The van der Waals surface area contributed by atoms with Crippen molar-refractivity contribution in [2.75, 3.05) is 0 Å². The summed E-state index contributed by atoms with van der Waals surface area (Å²) in [7, 11) is 1.40. The number of aryl methyl sites for hydroxylation is 2. The van der Waals surface area contributed by atoms with Gasteiger partial charge in [0.2, 0.25) is 0 Å². The Balaban J connectivity index is 2.83. The van der Waals surface area contributed by atoms with E-state index in [2.05, 4.69) is 0 Å². The molecule has 2 aromatic rings. The summed E-state index contributed by atoms with van der Waals surface area (Å²) in [5, 5.41) is 8.97. The number of aromatic carboxylic acids is 1. The van der Waals surface area contributed by atoms with Gasteiger partial charge in [0, 0.05) is 13.2 Å². The Labute approximate surface area is 108 Å². The van der Waals surface area contributed by atoms with Crippen LogP contribution < -0.4 is 11.2 Å². The molecule has 0 saturated carbocycles. The second kappa shape index (κ2) is 4.56. The minimum Gasteiger partial charge on any atom is -0.477 e. The third kappa shape index (κ3) is 2.20. The Morgan fingerprint density at radius 3 is 2.26 bits per heavy atom. The average Bonchev–Trinajstić information content (AvgIpc) is 2.36. The van der Waals surface area contributed by atoms with E-state index in [9.17, 15) is 14.4 Å². The maximum atomic E-state index is 12.0. The lowest BCUT2D eigenvalue weighted by Gasteiger charge is -2.08. The van der Waals surface area contributed by atoms with Gasteiger partial charge in [0.25, 0.3) is 5.56 Å². The van der Waals surface area contributed by atoms with Crippen molar-refractivity contribution in [1.82, 2.24) is 9.13 Å². The molecule has 0 unspecified atom stereocenters. The molecule has 1 aromatic heterocycles. The molecule has 98 valence electrons. The summed E-state index contributed by atoms with van der Waals surface area (Å²) in [6, 6.07) is 6.69. The van der Waals surface area contributed by atoms with E-state index < -0.39 is 22.8 Å². The summed E-state index contributed by atoms with van der Waals surface area (Å²) in [5.74, 6) is -1.36. The molecule has 0 aliphatic carbocycles. The van der Waals surface area contributed by atoms with Gasteiger partial charge in [0.15, 0.2) is 0 Å². The highest BCUT2D eigenvalue weighted by Crippen LogP contribution is 2.05. The molecule has 0 aliphatic heterocycles. The SMILES string of the molecule is Cc1ccc(-n2c(=O)c(C(=O)O)cn(C)c2=O)cc1. The van der Waals surface area contributed by atoms with Gasteiger partial charge in [-0.15, -0.1) is 0 Å². The van der Waals surface area contributed by atoms with Crippen molar-refractivity contribution in [3.63, 3.8) is 0 Å². The van der Waals surface area contributed by atoms with Gasteiger partial charge in [0.05, 0.1) is 5.69 Å². The third-order valence-electron chi connectivity index (χ3n) is 2.77. The molecule has 6 nitrogen and oxygen atoms in total. The Kier molecular flexibility index (Phi) is 3.08. The number of hydrogen-bond donors (Lipinski definition) is 1. The van der Waals surface area contributed by atoms with Gasteiger partial charge in [-0.25, -0.2) is 14.2 Å². The Morgan fingerprint density at radius 2 is 1.74 bits per heavy atom. The average molecular weight is 260 g/mol. The van der Waals surface area contributed by atoms with Crippen LogP contribution in [0.5, 0.6) is 0 Å². The zero-order valence-electron chi connectivity index (χ0n) is 10.5. The Bertz CT molecular complexity index is 754. The molecule has 0 radical (unpaired) electrons. The highest BCUT2D eigenvalue weighted by atomic mass is 16.4. The maximum absolute atomic E-state index is 12.0. The summed E-state index contributed by atoms with van der Waals surface area (Å²) >= 11 is 0. The number of benzene rings is 1. The first-order valence-corrected chi connectivity index (χ1v) is 5.55. The van der Waals surface area contributed by atoms with Gasteiger partial charge in [-0.05, 0) is 19.1 Å². The highest BCUT2D eigenvalue weighted by molar-refractivity contribution is 5.86. The molecular formula is C13H12N2O4. The summed E-state index contributed by atoms with van der Waals surface area (Å²) < 4.78 is 1.92. The predicted octanol–water partition coefficient (Wildman–Crippen LogP) is 0.543. The van der Waals surface area contributed by atoms with Crippen molar-refractivity contribution in [2.24, 2.45) is 7.05 Å². The smallest absolute Gasteiger partial charge is 0.342 e. The lowest BCUT2D eigenvalue weighted by Crippen LogP contribution is -2.40. The zero-order valence-corrected chi connectivity index (χ0v) is 10.5. The van der Waals surface area contributed by atoms with Crippen molar-refractivity contribution in [2.45, 2.75) is 6.92 Å². The molecule has 0 aliphatic rings. The van der Waals surface area contributed by atoms with Crippen LogP contribution in [0.1, 0.15) is 15.9 Å². The molecule has 2 rings (SSSR count). The Hall–Kier alpha value is -2.63. The minimum atomic E-state index is -1.36. The number of carbonyl (C=O) groups is 1. The number of carboxylic acids is 1. The lowest BCUT2D eigenvalue weighted by atomic mass is 10.2. The van der Waals surface area contributed by atoms with Gasteiger partial charge >= 0.3 is 11.7 Å². The first-order chi connectivity index (χ1) is 8.91. The van der Waals surface area contributed by atoms with Crippen LogP contribution in [-0.2, 0) is 7.05 Å². The first kappa shape index (κ1) is 12.8. The fraction of sp³-hybridized carbons (Fsp3) is 0.154. The molecule has 0 saturated heterocycles. The fourth-order valence-electron chi connectivity index (χ4n) is 1.74. The summed E-state index contributed by atoms with van der Waals surface area (Å²) in [6.07, 6.45) is 1.03. The van der Waals surface area contributed by atoms with Crippen molar-refractivity contribution in [1.29, 1.82) is 0 Å². The van der Waals surface area contributed by atoms with Gasteiger partial charge in [-0.3, -0.25) is 4.79 Å². The third-order valence-corrected chi connectivity index (χ3v) is 2.77. The molecule has 0 spiro atoms. The van der Waals surface area contributed by atoms with E-state index in [0.717, 1.165) is 20.9 Å². The van der Waals surface area contributed by atoms with Gasteiger partial charge in [-0.2, -0.15) is 0 Å². The maximum Gasteiger partial charge on any atom is 0.342 e. The van der Waals surface area contributed by atoms with E-state index >= 15 is 0 Å². The van der Waals surface area contributed by atoms with Crippen molar-refractivity contribution >= 4 is 5.97 Å². The minimum absolute atomic E-state index is 0.347. The van der Waals surface area contributed by atoms with E-state index in [0.29, 0.717) is 5.69 Å². The number of rotatable bonds is 2. The molecule has 6 heteroatoms. The van der Waals surface area contributed by atoms with Crippen LogP contribution in [-0.4, -0.2) is 20.2 Å². The second-order valence-corrected chi connectivity index (χ2v) is 4.22. The molecule has 0 fully saturated rings. The van der Waals surface area contributed by atoms with E-state index in [1.165, 1.54) is 7.05 Å². The molecule has 0 amide bonds. The Morgan fingerprint density at radius 1 is 1.16 bits per heavy atom. The van der Waals surface area contributed by atoms with E-state index in [1.807, 2.05) is 6.92 Å². The summed E-state index contributed by atoms with van der Waals surface area (Å²) in [6.45, 7) is 1.87. The monoisotopic (exact) mass is 260 g/mol. The predicted molar refractivity (Wildman–Crippen MR) is 69.0 cm³/mol. The van der Waals surface area contributed by atoms with Crippen molar-refractivity contribution in [3.05, 3.63) is 62.4 Å². The van der Waals surface area contributed by atoms with Gasteiger partial charge in [-0.1, -0.05) is 17.7 Å². The summed E-state index contributed by atoms with van der Waals surface area (Å²) in [5.41, 5.74) is -0.539. The lowest BCUT2D eigenvalue weighted by molar-refractivity contribution is 0.0693. The molecule has 1 aromatic carbocycles. The molecule has 0 atom stereocenters. The van der Waals surface area contributed by atoms with Crippen LogP contribution in [0, 0.1) is 6.92 Å². The van der Waals surface area contributed by atoms with E-state index in [-0.39, 0.29) is 0 Å². The van der Waals surface area contributed by atoms with E-state index in [1.54, 1.807) is 24.3 Å². The molecular weight excluding hydrogens is 248 g/mol. The quantitative estimate of drug-likeness (QED) is 0.854. The molecule has 1 N–H and O–H groups in total. The van der Waals surface area contributed by atoms with Crippen LogP contribution in [0.25, 0.3) is 5.69 Å². The number of aromatic nitrogens is 2. The molecule has 19 heavy (non-hydrogen) atoms. The first-order valence-electron chi connectivity index (χ1n) is 5.55. The van der Waals surface area contributed by atoms with Crippen LogP contribution in [0.2, 0.25) is 0 Å².